The number of aromatic amines is 1. The molecule has 1 atom stereocenters. The molecule has 4 aromatic carbocycles. The van der Waals surface area contributed by atoms with Gasteiger partial charge in [-0.2, -0.15) is 0 Å². The van der Waals surface area contributed by atoms with Crippen LogP contribution in [-0.2, 0) is 4.79 Å². The third kappa shape index (κ3) is 5.04. The molecule has 1 aliphatic rings. The summed E-state index contributed by atoms with van der Waals surface area (Å²) in [7, 11) is 0. The first-order valence-electron chi connectivity index (χ1n) is 12.6. The van der Waals surface area contributed by atoms with E-state index in [2.05, 4.69) is 16.5 Å². The molecule has 1 aromatic heterocycles. The summed E-state index contributed by atoms with van der Waals surface area (Å²) in [5.74, 6) is -0.398. The van der Waals surface area contributed by atoms with Crippen molar-refractivity contribution in [3.63, 3.8) is 0 Å². The number of aromatic nitrogens is 1. The molecule has 2 heterocycles. The SMILES string of the molecule is Cc1ccc2[nH]c(C(=O)NN3C(=O)CSC3N(c3ccc(Cl)cc3)c3ccc(Cl)cc3)c(-c3ccccc3)c2c1. The number of rotatable bonds is 6. The summed E-state index contributed by atoms with van der Waals surface area (Å²) in [5, 5.41) is 3.55. The van der Waals surface area contributed by atoms with Crippen molar-refractivity contribution in [2.24, 2.45) is 0 Å². The fourth-order valence-corrected chi connectivity index (χ4v) is 6.27. The molecule has 0 radical (unpaired) electrons. The van der Waals surface area contributed by atoms with Crippen LogP contribution in [-0.4, -0.2) is 33.1 Å². The van der Waals surface area contributed by atoms with E-state index in [0.29, 0.717) is 15.7 Å². The van der Waals surface area contributed by atoms with E-state index >= 15 is 0 Å². The highest BCUT2D eigenvalue weighted by Crippen LogP contribution is 2.38. The number of nitrogens with one attached hydrogen (secondary N) is 2. The maximum Gasteiger partial charge on any atom is 0.287 e. The van der Waals surface area contributed by atoms with Gasteiger partial charge in [0, 0.05) is 37.9 Å². The first kappa shape index (κ1) is 26.3. The molecule has 40 heavy (non-hydrogen) atoms. The number of amides is 2. The average molecular weight is 588 g/mol. The Kier molecular flexibility index (Phi) is 7.19. The van der Waals surface area contributed by atoms with E-state index in [1.807, 2.05) is 78.6 Å². The van der Waals surface area contributed by atoms with Crippen LogP contribution in [0, 0.1) is 6.92 Å². The predicted octanol–water partition coefficient (Wildman–Crippen LogP) is 7.79. The number of benzene rings is 4. The van der Waals surface area contributed by atoms with Gasteiger partial charge >= 0.3 is 0 Å². The van der Waals surface area contributed by atoms with Gasteiger partial charge in [-0.05, 0) is 73.2 Å². The van der Waals surface area contributed by atoms with E-state index in [1.54, 1.807) is 24.3 Å². The van der Waals surface area contributed by atoms with E-state index in [9.17, 15) is 9.59 Å². The molecule has 5 aromatic rings. The Bertz CT molecular complexity index is 1660. The summed E-state index contributed by atoms with van der Waals surface area (Å²) in [6.45, 7) is 2.02. The number of nitrogens with zero attached hydrogens (tertiary/aromatic N) is 2. The fraction of sp³-hybridized carbons (Fsp3) is 0.0968. The van der Waals surface area contributed by atoms with Crippen LogP contribution in [0.3, 0.4) is 0 Å². The van der Waals surface area contributed by atoms with Crippen LogP contribution in [0.5, 0.6) is 0 Å². The smallest absolute Gasteiger partial charge is 0.287 e. The van der Waals surface area contributed by atoms with Crippen molar-refractivity contribution in [3.05, 3.63) is 118 Å². The minimum absolute atomic E-state index is 0.204. The van der Waals surface area contributed by atoms with E-state index in [0.717, 1.165) is 39.0 Å². The van der Waals surface area contributed by atoms with Crippen molar-refractivity contribution in [1.29, 1.82) is 0 Å². The number of halogens is 2. The Morgan fingerprint density at radius 2 is 1.55 bits per heavy atom. The highest BCUT2D eigenvalue weighted by Gasteiger charge is 2.39. The van der Waals surface area contributed by atoms with Crippen LogP contribution in [0.1, 0.15) is 16.1 Å². The molecule has 0 spiro atoms. The van der Waals surface area contributed by atoms with Crippen LogP contribution < -0.4 is 10.3 Å². The van der Waals surface area contributed by atoms with Crippen molar-refractivity contribution < 1.29 is 9.59 Å². The van der Waals surface area contributed by atoms with Gasteiger partial charge in [-0.15, -0.1) is 11.8 Å². The highest BCUT2D eigenvalue weighted by atomic mass is 35.5. The molecule has 9 heteroatoms. The third-order valence-electron chi connectivity index (χ3n) is 6.74. The average Bonchev–Trinajstić information content (AvgIpc) is 3.51. The standard InChI is InChI=1S/C31H24Cl2N4O2S/c1-19-7-16-26-25(17-19)28(20-5-3-2-4-6-20)29(34-26)30(39)35-37-27(38)18-40-31(37)36(23-12-8-21(32)9-13-23)24-14-10-22(33)11-15-24/h2-17,31,34H,18H2,1H3,(H,35,39). The van der Waals surface area contributed by atoms with Gasteiger partial charge in [-0.3, -0.25) is 15.0 Å². The number of hydrazine groups is 1. The van der Waals surface area contributed by atoms with Gasteiger partial charge in [0.15, 0.2) is 5.50 Å². The molecule has 1 fully saturated rings. The summed E-state index contributed by atoms with van der Waals surface area (Å²) in [6.07, 6.45) is 0. The highest BCUT2D eigenvalue weighted by molar-refractivity contribution is 8.01. The number of thioether (sulfide) groups is 1. The molecular formula is C31H24Cl2N4O2S. The Balaban J connectivity index is 1.40. The van der Waals surface area contributed by atoms with Crippen LogP contribution in [0.25, 0.3) is 22.0 Å². The van der Waals surface area contributed by atoms with Gasteiger partial charge < -0.3 is 9.88 Å². The number of fused-ring (bicyclic) bond motifs is 1. The second-order valence-electron chi connectivity index (χ2n) is 9.45. The zero-order valence-electron chi connectivity index (χ0n) is 21.4. The molecule has 2 amide bonds. The monoisotopic (exact) mass is 586 g/mol. The third-order valence-corrected chi connectivity index (χ3v) is 8.38. The van der Waals surface area contributed by atoms with Crippen molar-refractivity contribution in [3.8, 4) is 11.1 Å². The maximum atomic E-state index is 13.9. The van der Waals surface area contributed by atoms with Gasteiger partial charge in [-0.25, -0.2) is 5.01 Å². The summed E-state index contributed by atoms with van der Waals surface area (Å²) in [4.78, 5) is 32.4. The Morgan fingerprint density at radius 3 is 2.17 bits per heavy atom. The molecular weight excluding hydrogens is 563 g/mol. The Morgan fingerprint density at radius 1 is 0.925 bits per heavy atom. The zero-order chi connectivity index (χ0) is 27.8. The van der Waals surface area contributed by atoms with Crippen molar-refractivity contribution >= 4 is 69.1 Å². The van der Waals surface area contributed by atoms with Crippen LogP contribution >= 0.6 is 35.0 Å². The molecule has 0 aliphatic carbocycles. The summed E-state index contributed by atoms with van der Waals surface area (Å²) in [6, 6.07) is 30.5. The van der Waals surface area contributed by atoms with Gasteiger partial charge in [0.2, 0.25) is 0 Å². The molecule has 1 saturated heterocycles. The van der Waals surface area contributed by atoms with E-state index < -0.39 is 11.4 Å². The van der Waals surface area contributed by atoms with Crippen LogP contribution in [0.2, 0.25) is 10.0 Å². The molecule has 200 valence electrons. The molecule has 0 bridgehead atoms. The maximum absolute atomic E-state index is 13.9. The summed E-state index contributed by atoms with van der Waals surface area (Å²) >= 11 is 13.8. The first-order chi connectivity index (χ1) is 19.4. The molecule has 0 saturated carbocycles. The Labute approximate surface area is 245 Å². The van der Waals surface area contributed by atoms with Gasteiger partial charge in [0.1, 0.15) is 5.69 Å². The number of hydrogen-bond acceptors (Lipinski definition) is 4. The lowest BCUT2D eigenvalue weighted by Crippen LogP contribution is -2.52. The van der Waals surface area contributed by atoms with E-state index in [1.165, 1.54) is 16.8 Å². The van der Waals surface area contributed by atoms with Crippen LogP contribution in [0.4, 0.5) is 11.4 Å². The number of aryl methyl sites for hydroxylation is 1. The number of H-pyrrole nitrogens is 1. The lowest BCUT2D eigenvalue weighted by Gasteiger charge is -2.35. The number of hydrogen-bond donors (Lipinski definition) is 2. The lowest BCUT2D eigenvalue weighted by atomic mass is 10.0. The largest absolute Gasteiger partial charge is 0.350 e. The number of anilines is 2. The molecule has 1 unspecified atom stereocenters. The Hall–Kier alpha value is -3.91. The summed E-state index contributed by atoms with van der Waals surface area (Å²) in [5.41, 5.74) is 8.01. The normalized spacial score (nSPS) is 15.0. The minimum Gasteiger partial charge on any atom is -0.350 e. The van der Waals surface area contributed by atoms with Crippen molar-refractivity contribution in [2.75, 3.05) is 10.7 Å². The van der Waals surface area contributed by atoms with Gasteiger partial charge in [0.05, 0.1) is 5.75 Å². The van der Waals surface area contributed by atoms with Crippen molar-refractivity contribution in [1.82, 2.24) is 15.4 Å². The zero-order valence-corrected chi connectivity index (χ0v) is 23.7. The second kappa shape index (κ2) is 10.9. The topological polar surface area (TPSA) is 68.4 Å². The lowest BCUT2D eigenvalue weighted by molar-refractivity contribution is -0.130. The molecule has 2 N–H and O–H groups in total. The quantitative estimate of drug-likeness (QED) is 0.213. The summed E-state index contributed by atoms with van der Waals surface area (Å²) < 4.78 is 0. The molecule has 6 nitrogen and oxygen atoms in total. The van der Waals surface area contributed by atoms with Crippen LogP contribution in [0.15, 0.2) is 97.1 Å². The molecule has 6 rings (SSSR count). The van der Waals surface area contributed by atoms with Gasteiger partial charge in [0.25, 0.3) is 11.8 Å². The van der Waals surface area contributed by atoms with Gasteiger partial charge in [-0.1, -0.05) is 65.2 Å². The number of carbonyl (C=O) groups excluding carboxylic acids is 2. The fourth-order valence-electron chi connectivity index (χ4n) is 4.87. The predicted molar refractivity (Wildman–Crippen MR) is 164 cm³/mol. The second-order valence-corrected chi connectivity index (χ2v) is 11.4. The minimum atomic E-state index is -0.550. The first-order valence-corrected chi connectivity index (χ1v) is 14.4. The molecule has 1 aliphatic heterocycles. The number of carbonyl (C=O) groups is 2. The van der Waals surface area contributed by atoms with E-state index in [4.69, 9.17) is 23.2 Å². The van der Waals surface area contributed by atoms with E-state index in [-0.39, 0.29) is 11.7 Å². The van der Waals surface area contributed by atoms with Crippen molar-refractivity contribution in [2.45, 2.75) is 12.4 Å².